The summed E-state index contributed by atoms with van der Waals surface area (Å²) in [5.74, 6) is -0.0699. The lowest BCUT2D eigenvalue weighted by molar-refractivity contribution is -0.117. The fraction of sp³-hybridized carbons (Fsp3) is 0.190. The Morgan fingerprint density at radius 2 is 1.90 bits per heavy atom. The molecule has 8 nitrogen and oxygen atoms in total. The Kier molecular flexibility index (Phi) is 6.32. The van der Waals surface area contributed by atoms with Gasteiger partial charge in [0.25, 0.3) is 10.0 Å². The molecule has 1 aromatic heterocycles. The first-order valence-electron chi connectivity index (χ1n) is 9.24. The third-order valence-electron chi connectivity index (χ3n) is 4.38. The van der Waals surface area contributed by atoms with E-state index in [4.69, 9.17) is 14.9 Å². The van der Waals surface area contributed by atoms with Gasteiger partial charge in [-0.3, -0.25) is 9.52 Å². The minimum atomic E-state index is -4.16. The van der Waals surface area contributed by atoms with E-state index in [1.807, 2.05) is 0 Å². The van der Waals surface area contributed by atoms with Crippen LogP contribution in [0.5, 0.6) is 5.75 Å². The maximum Gasteiger partial charge on any atom is 0.262 e. The largest absolute Gasteiger partial charge is 0.495 e. The van der Waals surface area contributed by atoms with Gasteiger partial charge in [-0.05, 0) is 62.4 Å². The number of aryl methyl sites for hydroxylation is 1. The predicted octanol–water partition coefficient (Wildman–Crippen LogP) is 3.49. The van der Waals surface area contributed by atoms with Gasteiger partial charge in [-0.15, -0.1) is 0 Å². The highest BCUT2D eigenvalue weighted by Crippen LogP contribution is 2.31. The first kappa shape index (κ1) is 22.3. The molecule has 0 aliphatic carbocycles. The number of rotatable bonds is 7. The zero-order valence-corrected chi connectivity index (χ0v) is 17.9. The van der Waals surface area contributed by atoms with E-state index in [1.54, 1.807) is 19.1 Å². The molecule has 0 fully saturated rings. The van der Waals surface area contributed by atoms with Crippen molar-refractivity contribution in [2.24, 2.45) is 5.73 Å². The van der Waals surface area contributed by atoms with Crippen LogP contribution in [0.2, 0.25) is 0 Å². The van der Waals surface area contributed by atoms with E-state index in [0.717, 1.165) is 6.07 Å². The van der Waals surface area contributed by atoms with Gasteiger partial charge in [0.05, 0.1) is 29.3 Å². The van der Waals surface area contributed by atoms with Crippen molar-refractivity contribution >= 4 is 27.3 Å². The Morgan fingerprint density at radius 3 is 2.48 bits per heavy atom. The lowest BCUT2D eigenvalue weighted by Crippen LogP contribution is -2.32. The van der Waals surface area contributed by atoms with Crippen molar-refractivity contribution in [3.63, 3.8) is 0 Å². The van der Waals surface area contributed by atoms with Gasteiger partial charge >= 0.3 is 0 Å². The van der Waals surface area contributed by atoms with E-state index in [-0.39, 0.29) is 21.9 Å². The Bertz CT molecular complexity index is 1220. The first-order chi connectivity index (χ1) is 14.6. The Morgan fingerprint density at radius 1 is 1.16 bits per heavy atom. The highest BCUT2D eigenvalue weighted by atomic mass is 32.2. The van der Waals surface area contributed by atoms with E-state index in [9.17, 15) is 17.6 Å². The monoisotopic (exact) mass is 447 g/mol. The van der Waals surface area contributed by atoms with Crippen molar-refractivity contribution in [3.05, 3.63) is 60.1 Å². The number of amides is 1. The number of benzene rings is 2. The van der Waals surface area contributed by atoms with E-state index >= 15 is 0 Å². The molecule has 0 radical (unpaired) electrons. The fourth-order valence-corrected chi connectivity index (χ4v) is 3.84. The average Bonchev–Trinajstić information content (AvgIpc) is 3.13. The smallest absolute Gasteiger partial charge is 0.262 e. The second-order valence-corrected chi connectivity index (χ2v) is 8.53. The van der Waals surface area contributed by atoms with Gasteiger partial charge in [-0.2, -0.15) is 0 Å². The molecule has 1 atom stereocenters. The molecular formula is C21H22FN3O5S. The van der Waals surface area contributed by atoms with Gasteiger partial charge in [-0.25, -0.2) is 12.8 Å². The molecule has 0 aliphatic heterocycles. The molecule has 0 saturated carbocycles. The van der Waals surface area contributed by atoms with E-state index in [0.29, 0.717) is 17.2 Å². The minimum Gasteiger partial charge on any atom is -0.495 e. The van der Waals surface area contributed by atoms with E-state index in [2.05, 4.69) is 10.0 Å². The molecule has 10 heteroatoms. The number of nitrogens with two attached hydrogens (primary N) is 1. The van der Waals surface area contributed by atoms with Crippen molar-refractivity contribution in [2.45, 2.75) is 24.8 Å². The zero-order valence-electron chi connectivity index (χ0n) is 17.1. The second kappa shape index (κ2) is 8.78. The standard InChI is InChI=1S/C21H22FN3O5S/c1-12-4-8-19(30-12)16-7-6-15(11-17(16)22)31(27,28)25-18-10-14(5-9-20(18)29-3)24-21(26)13(2)23/h4-11,13,25H,23H2,1-3H3,(H,24,26)/t13-/m1/s1. The highest BCUT2D eigenvalue weighted by Gasteiger charge is 2.20. The summed E-state index contributed by atoms with van der Waals surface area (Å²) in [6, 6.07) is 10.5. The summed E-state index contributed by atoms with van der Waals surface area (Å²) in [6.07, 6.45) is 0. The van der Waals surface area contributed by atoms with Crippen molar-refractivity contribution < 1.29 is 26.8 Å². The average molecular weight is 447 g/mol. The normalized spacial score (nSPS) is 12.3. The number of nitrogens with one attached hydrogen (secondary N) is 2. The third kappa shape index (κ3) is 5.04. The summed E-state index contributed by atoms with van der Waals surface area (Å²) in [6.45, 7) is 3.24. The molecule has 0 bridgehead atoms. The number of hydrogen-bond donors (Lipinski definition) is 3. The molecule has 0 saturated heterocycles. The maximum absolute atomic E-state index is 14.6. The van der Waals surface area contributed by atoms with Crippen molar-refractivity contribution in [3.8, 4) is 17.1 Å². The van der Waals surface area contributed by atoms with Gasteiger partial charge in [0.1, 0.15) is 23.1 Å². The number of furan rings is 1. The van der Waals surface area contributed by atoms with Gasteiger partial charge in [-0.1, -0.05) is 0 Å². The number of hydrogen-bond acceptors (Lipinski definition) is 6. The Balaban J connectivity index is 1.91. The molecule has 0 unspecified atom stereocenters. The van der Waals surface area contributed by atoms with E-state index < -0.39 is 27.8 Å². The molecule has 164 valence electrons. The van der Waals surface area contributed by atoms with Crippen LogP contribution in [0.3, 0.4) is 0 Å². The molecule has 3 rings (SSSR count). The molecule has 1 amide bonds. The molecule has 4 N–H and O–H groups in total. The maximum atomic E-state index is 14.6. The number of halogens is 1. The van der Waals surface area contributed by atoms with E-state index in [1.165, 1.54) is 44.4 Å². The van der Waals surface area contributed by atoms with Gasteiger partial charge < -0.3 is 20.2 Å². The van der Waals surface area contributed by atoms with Crippen molar-refractivity contribution in [1.82, 2.24) is 0 Å². The second-order valence-electron chi connectivity index (χ2n) is 6.85. The number of ether oxygens (including phenoxy) is 1. The van der Waals surface area contributed by atoms with Gasteiger partial charge in [0.15, 0.2) is 0 Å². The first-order valence-corrected chi connectivity index (χ1v) is 10.7. The van der Waals surface area contributed by atoms with Gasteiger partial charge in [0.2, 0.25) is 5.91 Å². The number of methoxy groups -OCH3 is 1. The van der Waals surface area contributed by atoms with Crippen molar-refractivity contribution in [2.75, 3.05) is 17.1 Å². The summed E-state index contributed by atoms with van der Waals surface area (Å²) in [4.78, 5) is 11.5. The van der Waals surface area contributed by atoms with Crippen LogP contribution in [0.4, 0.5) is 15.8 Å². The number of anilines is 2. The van der Waals surface area contributed by atoms with Crippen molar-refractivity contribution in [1.29, 1.82) is 0 Å². The Hall–Kier alpha value is -3.37. The highest BCUT2D eigenvalue weighted by molar-refractivity contribution is 7.92. The van der Waals surface area contributed by atoms with Gasteiger partial charge in [0, 0.05) is 5.69 Å². The van der Waals surface area contributed by atoms with Crippen LogP contribution >= 0.6 is 0 Å². The number of carbonyl (C=O) groups excluding carboxylic acids is 1. The quantitative estimate of drug-likeness (QED) is 0.509. The molecular weight excluding hydrogens is 425 g/mol. The molecule has 0 spiro atoms. The fourth-order valence-electron chi connectivity index (χ4n) is 2.77. The lowest BCUT2D eigenvalue weighted by atomic mass is 10.1. The predicted molar refractivity (Wildman–Crippen MR) is 115 cm³/mol. The van der Waals surface area contributed by atoms with Crippen LogP contribution in [0, 0.1) is 12.7 Å². The molecule has 3 aromatic rings. The zero-order chi connectivity index (χ0) is 22.8. The summed E-state index contributed by atoms with van der Waals surface area (Å²) in [7, 11) is -2.79. The van der Waals surface area contributed by atoms with Crippen LogP contribution in [-0.4, -0.2) is 27.5 Å². The van der Waals surface area contributed by atoms with Crippen LogP contribution in [0.1, 0.15) is 12.7 Å². The SMILES string of the molecule is COc1ccc(NC(=O)[C@@H](C)N)cc1NS(=O)(=O)c1ccc(-c2ccc(C)o2)c(F)c1. The number of carbonyl (C=O) groups is 1. The number of sulfonamides is 1. The molecule has 31 heavy (non-hydrogen) atoms. The minimum absolute atomic E-state index is 0.0659. The van der Waals surface area contributed by atoms with Crippen LogP contribution < -0.4 is 20.5 Å². The van der Waals surface area contributed by atoms with Crippen LogP contribution in [-0.2, 0) is 14.8 Å². The third-order valence-corrected chi connectivity index (χ3v) is 5.74. The lowest BCUT2D eigenvalue weighted by Gasteiger charge is -2.15. The summed E-state index contributed by atoms with van der Waals surface area (Å²) in [5.41, 5.74) is 6.06. The van der Waals surface area contributed by atoms with Crippen LogP contribution in [0.25, 0.3) is 11.3 Å². The summed E-state index contributed by atoms with van der Waals surface area (Å²) >= 11 is 0. The van der Waals surface area contributed by atoms with Crippen LogP contribution in [0.15, 0.2) is 57.8 Å². The molecule has 2 aromatic carbocycles. The molecule has 1 heterocycles. The summed E-state index contributed by atoms with van der Waals surface area (Å²) < 4.78 is 53.3. The summed E-state index contributed by atoms with van der Waals surface area (Å²) in [5, 5.41) is 2.57. The molecule has 0 aliphatic rings. The Labute approximate surface area is 179 Å². The topological polar surface area (TPSA) is 124 Å².